The second-order valence-electron chi connectivity index (χ2n) is 5.74. The fraction of sp³-hybridized carbons (Fsp3) is 0.333. The van der Waals surface area contributed by atoms with Crippen LogP contribution in [0, 0.1) is 6.92 Å². The van der Waals surface area contributed by atoms with Crippen LogP contribution in [0.2, 0.25) is 0 Å². The number of carbonyl (C=O) groups is 1. The molecule has 0 aliphatic carbocycles. The molecule has 4 heteroatoms. The van der Waals surface area contributed by atoms with E-state index in [-0.39, 0.29) is 5.91 Å². The van der Waals surface area contributed by atoms with Crippen LogP contribution in [0.1, 0.15) is 28.8 Å². The van der Waals surface area contributed by atoms with Crippen LogP contribution >= 0.6 is 0 Å². The molecular formula is C18H20N2O2. The molecule has 1 atom stereocenters. The smallest absolute Gasteiger partial charge is 0.254 e. The monoisotopic (exact) mass is 296 g/mol. The van der Waals surface area contributed by atoms with Gasteiger partial charge >= 0.3 is 0 Å². The van der Waals surface area contributed by atoms with Gasteiger partial charge in [0.25, 0.3) is 5.91 Å². The lowest BCUT2D eigenvalue weighted by molar-refractivity contribution is 0.0473. The summed E-state index contributed by atoms with van der Waals surface area (Å²) >= 11 is 0. The highest BCUT2D eigenvalue weighted by Gasteiger charge is 2.24. The molecule has 2 heterocycles. The number of hydrogen-bond acceptors (Lipinski definition) is 3. The van der Waals surface area contributed by atoms with Crippen molar-refractivity contribution >= 4 is 5.91 Å². The first-order valence-corrected chi connectivity index (χ1v) is 7.65. The van der Waals surface area contributed by atoms with E-state index in [1.54, 1.807) is 11.1 Å². The number of nitrogens with zero attached hydrogens (tertiary/aromatic N) is 2. The highest BCUT2D eigenvalue weighted by atomic mass is 16.3. The van der Waals surface area contributed by atoms with Crippen molar-refractivity contribution in [3.8, 4) is 11.3 Å². The minimum atomic E-state index is -0.406. The summed E-state index contributed by atoms with van der Waals surface area (Å²) in [6, 6.07) is 11.5. The van der Waals surface area contributed by atoms with Crippen molar-refractivity contribution < 1.29 is 9.90 Å². The molecule has 114 valence electrons. The summed E-state index contributed by atoms with van der Waals surface area (Å²) < 4.78 is 0. The van der Waals surface area contributed by atoms with Gasteiger partial charge in [0.05, 0.1) is 11.8 Å². The molecule has 22 heavy (non-hydrogen) atoms. The van der Waals surface area contributed by atoms with Gasteiger partial charge in [-0.1, -0.05) is 18.2 Å². The zero-order chi connectivity index (χ0) is 15.5. The Bertz CT molecular complexity index is 670. The molecule has 1 saturated heterocycles. The Kier molecular flexibility index (Phi) is 4.20. The van der Waals surface area contributed by atoms with Gasteiger partial charge < -0.3 is 10.0 Å². The van der Waals surface area contributed by atoms with Gasteiger partial charge in [-0.3, -0.25) is 9.78 Å². The minimum Gasteiger partial charge on any atom is -0.391 e. The van der Waals surface area contributed by atoms with Gasteiger partial charge in [-0.2, -0.15) is 0 Å². The normalized spacial score (nSPS) is 18.3. The van der Waals surface area contributed by atoms with Crippen molar-refractivity contribution in [2.24, 2.45) is 0 Å². The summed E-state index contributed by atoms with van der Waals surface area (Å²) in [7, 11) is 0. The quantitative estimate of drug-likeness (QED) is 0.927. The molecule has 4 nitrogen and oxygen atoms in total. The molecule has 0 saturated carbocycles. The highest BCUT2D eigenvalue weighted by molar-refractivity contribution is 5.97. The highest BCUT2D eigenvalue weighted by Crippen LogP contribution is 2.25. The Morgan fingerprint density at radius 1 is 1.27 bits per heavy atom. The van der Waals surface area contributed by atoms with Crippen LogP contribution in [0.25, 0.3) is 11.3 Å². The fourth-order valence-electron chi connectivity index (χ4n) is 2.98. The first kappa shape index (κ1) is 14.7. The number of rotatable bonds is 2. The maximum absolute atomic E-state index is 12.7. The third kappa shape index (κ3) is 2.88. The van der Waals surface area contributed by atoms with Crippen molar-refractivity contribution in [1.29, 1.82) is 0 Å². The van der Waals surface area contributed by atoms with Gasteiger partial charge in [-0.25, -0.2) is 0 Å². The summed E-state index contributed by atoms with van der Waals surface area (Å²) in [6.07, 6.45) is 2.98. The molecule has 0 bridgehead atoms. The molecule has 1 aliphatic rings. The molecule has 2 aromatic rings. The predicted octanol–water partition coefficient (Wildman–Crippen LogP) is 2.65. The molecule has 1 amide bonds. The first-order valence-electron chi connectivity index (χ1n) is 7.65. The van der Waals surface area contributed by atoms with Gasteiger partial charge in [-0.05, 0) is 43.5 Å². The Balaban J connectivity index is 1.93. The van der Waals surface area contributed by atoms with Crippen LogP contribution in [-0.4, -0.2) is 40.1 Å². The molecule has 1 aromatic carbocycles. The van der Waals surface area contributed by atoms with E-state index in [2.05, 4.69) is 4.98 Å². The molecule has 1 unspecified atom stereocenters. The lowest BCUT2D eigenvalue weighted by Gasteiger charge is -2.30. The summed E-state index contributed by atoms with van der Waals surface area (Å²) in [5.74, 6) is -0.00553. The van der Waals surface area contributed by atoms with Crippen LogP contribution in [0.4, 0.5) is 0 Å². The SMILES string of the molecule is Cc1c(C(=O)N2CCCC(O)C2)cccc1-c1ccccn1. The Morgan fingerprint density at radius 2 is 2.14 bits per heavy atom. The van der Waals surface area contributed by atoms with E-state index in [4.69, 9.17) is 0 Å². The number of aliphatic hydroxyl groups is 1. The third-order valence-corrected chi connectivity index (χ3v) is 4.19. The lowest BCUT2D eigenvalue weighted by Crippen LogP contribution is -2.42. The first-order chi connectivity index (χ1) is 10.7. The van der Waals surface area contributed by atoms with Crippen molar-refractivity contribution in [3.05, 3.63) is 53.7 Å². The number of benzene rings is 1. The number of likely N-dealkylation sites (tertiary alicyclic amines) is 1. The molecule has 0 radical (unpaired) electrons. The van der Waals surface area contributed by atoms with E-state index >= 15 is 0 Å². The average molecular weight is 296 g/mol. The van der Waals surface area contributed by atoms with Gasteiger partial charge in [0, 0.05) is 30.4 Å². The zero-order valence-corrected chi connectivity index (χ0v) is 12.7. The number of piperidine rings is 1. The second kappa shape index (κ2) is 6.28. The summed E-state index contributed by atoms with van der Waals surface area (Å²) in [6.45, 7) is 3.09. The number of aromatic nitrogens is 1. The number of hydrogen-bond donors (Lipinski definition) is 1. The maximum Gasteiger partial charge on any atom is 0.254 e. The van der Waals surface area contributed by atoms with Crippen LogP contribution in [0.15, 0.2) is 42.6 Å². The Labute approximate surface area is 130 Å². The third-order valence-electron chi connectivity index (χ3n) is 4.19. The molecule has 1 aromatic heterocycles. The average Bonchev–Trinajstić information content (AvgIpc) is 2.55. The topological polar surface area (TPSA) is 53.4 Å². The Hall–Kier alpha value is -2.20. The molecule has 1 aliphatic heterocycles. The molecule has 1 N–H and O–H groups in total. The van der Waals surface area contributed by atoms with Gasteiger partial charge in [0.1, 0.15) is 0 Å². The largest absolute Gasteiger partial charge is 0.391 e. The summed E-state index contributed by atoms with van der Waals surface area (Å²) in [5, 5.41) is 9.77. The number of β-amino-alcohol motifs (C(OH)–C–C–N with tert-alkyl or cyclic N) is 1. The lowest BCUT2D eigenvalue weighted by atomic mass is 9.98. The van der Waals surface area contributed by atoms with E-state index in [0.29, 0.717) is 18.7 Å². The van der Waals surface area contributed by atoms with Crippen molar-refractivity contribution in [2.45, 2.75) is 25.9 Å². The molecular weight excluding hydrogens is 276 g/mol. The molecule has 3 rings (SSSR count). The van der Waals surface area contributed by atoms with Crippen LogP contribution in [0.3, 0.4) is 0 Å². The number of amides is 1. The van der Waals surface area contributed by atoms with E-state index in [9.17, 15) is 9.90 Å². The van der Waals surface area contributed by atoms with E-state index in [1.807, 2.05) is 43.3 Å². The summed E-state index contributed by atoms with van der Waals surface area (Å²) in [4.78, 5) is 18.9. The van der Waals surface area contributed by atoms with Gasteiger partial charge in [0.2, 0.25) is 0 Å². The van der Waals surface area contributed by atoms with Crippen LogP contribution in [-0.2, 0) is 0 Å². The molecule has 0 spiro atoms. The maximum atomic E-state index is 12.7. The second-order valence-corrected chi connectivity index (χ2v) is 5.74. The van der Waals surface area contributed by atoms with Crippen molar-refractivity contribution in [2.75, 3.05) is 13.1 Å². The number of pyridine rings is 1. The van der Waals surface area contributed by atoms with Crippen molar-refractivity contribution in [1.82, 2.24) is 9.88 Å². The standard InChI is InChI=1S/C18H20N2O2/c1-13-15(17-9-2-3-10-19-17)7-4-8-16(13)18(22)20-11-5-6-14(21)12-20/h2-4,7-10,14,21H,5-6,11-12H2,1H3. The number of carbonyl (C=O) groups excluding carboxylic acids is 1. The fourth-order valence-corrected chi connectivity index (χ4v) is 2.98. The number of aliphatic hydroxyl groups excluding tert-OH is 1. The zero-order valence-electron chi connectivity index (χ0n) is 12.7. The Morgan fingerprint density at radius 3 is 2.86 bits per heavy atom. The van der Waals surface area contributed by atoms with Gasteiger partial charge in [-0.15, -0.1) is 0 Å². The van der Waals surface area contributed by atoms with E-state index < -0.39 is 6.10 Å². The van der Waals surface area contributed by atoms with Crippen LogP contribution < -0.4 is 0 Å². The molecule has 1 fully saturated rings. The summed E-state index contributed by atoms with van der Waals surface area (Å²) in [5.41, 5.74) is 3.47. The van der Waals surface area contributed by atoms with E-state index in [0.717, 1.165) is 29.7 Å². The van der Waals surface area contributed by atoms with Crippen molar-refractivity contribution in [3.63, 3.8) is 0 Å². The predicted molar refractivity (Wildman–Crippen MR) is 85.6 cm³/mol. The minimum absolute atomic E-state index is 0.00553. The van der Waals surface area contributed by atoms with E-state index in [1.165, 1.54) is 0 Å². The van der Waals surface area contributed by atoms with Gasteiger partial charge in [0.15, 0.2) is 0 Å². The van der Waals surface area contributed by atoms with Crippen LogP contribution in [0.5, 0.6) is 0 Å².